The lowest BCUT2D eigenvalue weighted by molar-refractivity contribution is 0.134. The topological polar surface area (TPSA) is 40.1 Å². The lowest BCUT2D eigenvalue weighted by Crippen LogP contribution is -2.53. The van der Waals surface area contributed by atoms with Crippen molar-refractivity contribution in [3.63, 3.8) is 0 Å². The number of amidine groups is 1. The molecular formula is C26H29FN4OS. The summed E-state index contributed by atoms with van der Waals surface area (Å²) >= 11 is 1.72. The van der Waals surface area contributed by atoms with Crippen molar-refractivity contribution in [2.45, 2.75) is 25.8 Å². The van der Waals surface area contributed by atoms with E-state index in [1.54, 1.807) is 24.5 Å². The van der Waals surface area contributed by atoms with Gasteiger partial charge in [0.1, 0.15) is 22.4 Å². The SMILES string of the molecule is COc1ccc(CC[C@H]2CN(C3=Nc4cc(F)ccc4Nc4sc(C)cc43)CCN2C)cc1. The molecule has 5 nitrogen and oxygen atoms in total. The summed E-state index contributed by atoms with van der Waals surface area (Å²) in [5.74, 6) is 1.56. The maximum Gasteiger partial charge on any atom is 0.139 e. The fourth-order valence-corrected chi connectivity index (χ4v) is 5.51. The summed E-state index contributed by atoms with van der Waals surface area (Å²) < 4.78 is 19.3. The molecule has 3 aromatic rings. The van der Waals surface area contributed by atoms with Gasteiger partial charge in [0.2, 0.25) is 0 Å². The third-order valence-corrected chi connectivity index (χ3v) is 7.50. The zero-order valence-electron chi connectivity index (χ0n) is 19.3. The number of likely N-dealkylation sites (N-methyl/N-ethyl adjacent to an activating group) is 1. The summed E-state index contributed by atoms with van der Waals surface area (Å²) in [7, 11) is 3.90. The Morgan fingerprint density at radius 1 is 1.15 bits per heavy atom. The third-order valence-electron chi connectivity index (χ3n) is 6.53. The van der Waals surface area contributed by atoms with E-state index in [0.717, 1.165) is 60.3 Å². The number of hydrogen-bond donors (Lipinski definition) is 1. The maximum absolute atomic E-state index is 14.0. The van der Waals surface area contributed by atoms with Crippen molar-refractivity contribution < 1.29 is 9.13 Å². The molecule has 1 aromatic heterocycles. The van der Waals surface area contributed by atoms with Crippen LogP contribution in [-0.2, 0) is 6.42 Å². The van der Waals surface area contributed by atoms with Crippen LogP contribution in [0, 0.1) is 12.7 Å². The van der Waals surface area contributed by atoms with Crippen molar-refractivity contribution in [2.24, 2.45) is 4.99 Å². The molecule has 0 unspecified atom stereocenters. The summed E-state index contributed by atoms with van der Waals surface area (Å²) in [6.45, 7) is 4.87. The van der Waals surface area contributed by atoms with E-state index in [9.17, 15) is 4.39 Å². The molecule has 0 bridgehead atoms. The highest BCUT2D eigenvalue weighted by Crippen LogP contribution is 2.39. The van der Waals surface area contributed by atoms with E-state index >= 15 is 0 Å². The number of aryl methyl sites for hydroxylation is 2. The highest BCUT2D eigenvalue weighted by molar-refractivity contribution is 7.16. The number of hydrogen-bond acceptors (Lipinski definition) is 6. The Kier molecular flexibility index (Phi) is 6.08. The first kappa shape index (κ1) is 21.9. The van der Waals surface area contributed by atoms with Crippen molar-refractivity contribution in [3.05, 3.63) is 70.4 Å². The Labute approximate surface area is 198 Å². The molecule has 0 saturated carbocycles. The van der Waals surface area contributed by atoms with Crippen molar-refractivity contribution >= 4 is 33.5 Å². The average Bonchev–Trinajstić information content (AvgIpc) is 3.11. The molecule has 2 aromatic carbocycles. The van der Waals surface area contributed by atoms with Crippen LogP contribution in [-0.4, -0.2) is 55.5 Å². The maximum atomic E-state index is 14.0. The monoisotopic (exact) mass is 464 g/mol. The van der Waals surface area contributed by atoms with Gasteiger partial charge in [-0.05, 0) is 62.7 Å². The number of benzene rings is 2. The second-order valence-corrected chi connectivity index (χ2v) is 10.0. The fraction of sp³-hybridized carbons (Fsp3) is 0.346. The summed E-state index contributed by atoms with van der Waals surface area (Å²) in [5.41, 5.74) is 3.92. The number of halogens is 1. The average molecular weight is 465 g/mol. The zero-order chi connectivity index (χ0) is 22.9. The molecule has 1 saturated heterocycles. The number of nitrogens with zero attached hydrogens (tertiary/aromatic N) is 3. The van der Waals surface area contributed by atoms with Crippen LogP contribution in [0.4, 0.5) is 20.8 Å². The Bertz CT molecular complexity index is 1170. The normalized spacial score (nSPS) is 18.1. The second-order valence-electron chi connectivity index (χ2n) is 8.79. The zero-order valence-corrected chi connectivity index (χ0v) is 20.1. The minimum Gasteiger partial charge on any atom is -0.497 e. The Balaban J connectivity index is 1.40. The smallest absolute Gasteiger partial charge is 0.139 e. The minimum atomic E-state index is -0.268. The van der Waals surface area contributed by atoms with Gasteiger partial charge in [-0.15, -0.1) is 11.3 Å². The highest BCUT2D eigenvalue weighted by Gasteiger charge is 2.30. The first-order valence-corrected chi connectivity index (χ1v) is 12.2. The van der Waals surface area contributed by atoms with Crippen LogP contribution in [0.3, 0.4) is 0 Å². The largest absolute Gasteiger partial charge is 0.497 e. The van der Waals surface area contributed by atoms with Crippen LogP contribution in [0.15, 0.2) is 53.5 Å². The van der Waals surface area contributed by atoms with Gasteiger partial charge in [0.05, 0.1) is 24.0 Å². The molecule has 172 valence electrons. The van der Waals surface area contributed by atoms with Gasteiger partial charge < -0.3 is 15.0 Å². The Morgan fingerprint density at radius 3 is 2.76 bits per heavy atom. The van der Waals surface area contributed by atoms with Crippen LogP contribution < -0.4 is 10.1 Å². The van der Waals surface area contributed by atoms with Gasteiger partial charge >= 0.3 is 0 Å². The van der Waals surface area contributed by atoms with Crippen molar-refractivity contribution in [3.8, 4) is 5.75 Å². The molecule has 0 amide bonds. The highest BCUT2D eigenvalue weighted by atomic mass is 32.1. The molecule has 1 N–H and O–H groups in total. The van der Waals surface area contributed by atoms with E-state index in [0.29, 0.717) is 11.7 Å². The third kappa shape index (κ3) is 4.61. The first-order valence-electron chi connectivity index (χ1n) is 11.3. The number of piperazine rings is 1. The van der Waals surface area contributed by atoms with E-state index in [4.69, 9.17) is 9.73 Å². The number of nitrogens with one attached hydrogen (secondary N) is 1. The Morgan fingerprint density at radius 2 is 1.97 bits per heavy atom. The number of ether oxygens (including phenoxy) is 1. The van der Waals surface area contributed by atoms with Crippen LogP contribution >= 0.6 is 11.3 Å². The molecule has 1 fully saturated rings. The van der Waals surface area contributed by atoms with Gasteiger partial charge in [0.25, 0.3) is 0 Å². The Hall–Kier alpha value is -2.90. The summed E-state index contributed by atoms with van der Waals surface area (Å²) in [4.78, 5) is 11.0. The quantitative estimate of drug-likeness (QED) is 0.547. The molecule has 0 spiro atoms. The van der Waals surface area contributed by atoms with E-state index in [1.165, 1.54) is 22.6 Å². The second kappa shape index (κ2) is 9.15. The summed E-state index contributed by atoms with van der Waals surface area (Å²) in [6.07, 6.45) is 2.07. The van der Waals surface area contributed by atoms with Gasteiger partial charge in [-0.2, -0.15) is 0 Å². The van der Waals surface area contributed by atoms with Gasteiger partial charge in [-0.3, -0.25) is 4.90 Å². The van der Waals surface area contributed by atoms with Crippen molar-refractivity contribution in [1.29, 1.82) is 0 Å². The number of fused-ring (bicyclic) bond motifs is 2. The molecule has 2 aliphatic heterocycles. The van der Waals surface area contributed by atoms with Gasteiger partial charge in [0, 0.05) is 36.6 Å². The van der Waals surface area contributed by atoms with Crippen molar-refractivity contribution in [1.82, 2.24) is 9.80 Å². The lowest BCUT2D eigenvalue weighted by Gasteiger charge is -2.41. The van der Waals surface area contributed by atoms with Crippen LogP contribution in [0.1, 0.15) is 22.4 Å². The lowest BCUT2D eigenvalue weighted by atomic mass is 10.0. The first-order chi connectivity index (χ1) is 16.0. The fourth-order valence-electron chi connectivity index (χ4n) is 4.59. The number of rotatable bonds is 4. The standard InChI is InChI=1S/C26H29FN4OS/c1-17-14-22-25(28-24-15-19(27)7-11-23(24)29-26(22)33-17)31-13-12-30(2)20(16-31)8-4-18-5-9-21(32-3)10-6-18/h5-7,9-11,14-15,20,29H,4,8,12-13,16H2,1-3H3/t20-/m0/s1. The van der Waals surface area contributed by atoms with Crippen LogP contribution in [0.25, 0.3) is 0 Å². The molecule has 2 aliphatic rings. The molecule has 5 rings (SSSR count). The van der Waals surface area contributed by atoms with E-state index < -0.39 is 0 Å². The predicted molar refractivity (Wildman–Crippen MR) is 134 cm³/mol. The van der Waals surface area contributed by atoms with Crippen LogP contribution in [0.2, 0.25) is 0 Å². The van der Waals surface area contributed by atoms with Gasteiger partial charge in [-0.25, -0.2) is 9.38 Å². The molecule has 1 atom stereocenters. The summed E-state index contributed by atoms with van der Waals surface area (Å²) in [5, 5.41) is 4.56. The minimum absolute atomic E-state index is 0.268. The molecule has 33 heavy (non-hydrogen) atoms. The molecule has 3 heterocycles. The van der Waals surface area contributed by atoms with E-state index in [2.05, 4.69) is 47.3 Å². The number of methoxy groups -OCH3 is 1. The van der Waals surface area contributed by atoms with E-state index in [-0.39, 0.29) is 5.82 Å². The van der Waals surface area contributed by atoms with E-state index in [1.807, 2.05) is 12.1 Å². The number of aliphatic imine (C=N–C) groups is 1. The van der Waals surface area contributed by atoms with Gasteiger partial charge in [0.15, 0.2) is 0 Å². The number of anilines is 2. The van der Waals surface area contributed by atoms with Crippen LogP contribution in [0.5, 0.6) is 5.75 Å². The molecule has 7 heteroatoms. The molecule has 0 radical (unpaired) electrons. The predicted octanol–water partition coefficient (Wildman–Crippen LogP) is 5.59. The summed E-state index contributed by atoms with van der Waals surface area (Å²) in [6, 6.07) is 15.7. The van der Waals surface area contributed by atoms with Gasteiger partial charge in [-0.1, -0.05) is 12.1 Å². The molecule has 0 aliphatic carbocycles. The van der Waals surface area contributed by atoms with Crippen molar-refractivity contribution in [2.75, 3.05) is 39.1 Å². The molecular weight excluding hydrogens is 435 g/mol. The number of thiophene rings is 1.